The lowest BCUT2D eigenvalue weighted by molar-refractivity contribution is -0.109. The summed E-state index contributed by atoms with van der Waals surface area (Å²) in [5.74, 6) is -0.270. The highest BCUT2D eigenvalue weighted by molar-refractivity contribution is 7.79. The molecule has 0 saturated carbocycles. The third-order valence-electron chi connectivity index (χ3n) is 1.78. The Morgan fingerprint density at radius 2 is 2.43 bits per heavy atom. The van der Waals surface area contributed by atoms with Gasteiger partial charge in [-0.15, -0.1) is 0 Å². The number of hydrogen-bond donors (Lipinski definition) is 2. The van der Waals surface area contributed by atoms with Crippen LogP contribution in [-0.4, -0.2) is 12.1 Å². The van der Waals surface area contributed by atoms with Crippen molar-refractivity contribution in [3.63, 3.8) is 0 Å². The Balaban J connectivity index is 2.71. The normalized spacial score (nSPS) is 10.4. The molecule has 1 aromatic carbocycles. The number of nitrogens with zero attached hydrogens (tertiary/aromatic N) is 1. The Morgan fingerprint density at radius 3 is 3.07 bits per heavy atom. The van der Waals surface area contributed by atoms with Crippen molar-refractivity contribution in [2.45, 2.75) is 13.3 Å². The van der Waals surface area contributed by atoms with Gasteiger partial charge >= 0.3 is 0 Å². The number of carbonyl (C=O) groups is 1. The Bertz CT molecular complexity index is 350. The first-order valence-corrected chi connectivity index (χ1v) is 4.73. The summed E-state index contributed by atoms with van der Waals surface area (Å²) < 4.78 is 3.33. The highest BCUT2D eigenvalue weighted by Crippen LogP contribution is 2.10. The van der Waals surface area contributed by atoms with Crippen LogP contribution in [0.4, 0.5) is 5.69 Å². The van der Waals surface area contributed by atoms with Crippen LogP contribution in [0.15, 0.2) is 28.7 Å². The molecule has 1 rings (SSSR count). The van der Waals surface area contributed by atoms with Gasteiger partial charge in [0.05, 0.1) is 6.21 Å². The maximum Gasteiger partial charge on any atom is 0.267 e. The SMILES string of the molecule is CCc1cccc(NC(=O)C=NS)c1. The molecule has 0 aliphatic heterocycles. The van der Waals surface area contributed by atoms with Crippen molar-refractivity contribution in [3.05, 3.63) is 29.8 Å². The van der Waals surface area contributed by atoms with Crippen molar-refractivity contribution in [2.24, 2.45) is 4.40 Å². The molecule has 0 atom stereocenters. The minimum atomic E-state index is -0.270. The predicted octanol–water partition coefficient (Wildman–Crippen LogP) is 2.10. The lowest BCUT2D eigenvalue weighted by atomic mass is 10.1. The molecule has 0 saturated heterocycles. The van der Waals surface area contributed by atoms with E-state index in [2.05, 4.69) is 29.5 Å². The van der Waals surface area contributed by atoms with Gasteiger partial charge in [0.25, 0.3) is 5.91 Å². The number of thiol groups is 1. The van der Waals surface area contributed by atoms with Gasteiger partial charge in [0.2, 0.25) is 0 Å². The van der Waals surface area contributed by atoms with E-state index in [0.29, 0.717) is 0 Å². The number of benzene rings is 1. The first-order chi connectivity index (χ1) is 6.76. The Morgan fingerprint density at radius 1 is 1.64 bits per heavy atom. The number of hydrogen-bond acceptors (Lipinski definition) is 3. The van der Waals surface area contributed by atoms with E-state index in [1.54, 1.807) is 0 Å². The lowest BCUT2D eigenvalue weighted by Gasteiger charge is -2.03. The number of nitrogens with one attached hydrogen (secondary N) is 1. The topological polar surface area (TPSA) is 41.5 Å². The summed E-state index contributed by atoms with van der Waals surface area (Å²) in [5, 5.41) is 2.68. The molecule has 0 heterocycles. The van der Waals surface area contributed by atoms with Crippen molar-refractivity contribution >= 4 is 30.6 Å². The summed E-state index contributed by atoms with van der Waals surface area (Å²) in [6.07, 6.45) is 2.08. The largest absolute Gasteiger partial charge is 0.321 e. The molecule has 74 valence electrons. The van der Waals surface area contributed by atoms with E-state index in [9.17, 15) is 4.79 Å². The quantitative estimate of drug-likeness (QED) is 0.579. The number of anilines is 1. The van der Waals surface area contributed by atoms with E-state index in [1.165, 1.54) is 5.56 Å². The first kappa shape index (κ1) is 10.8. The van der Waals surface area contributed by atoms with E-state index >= 15 is 0 Å². The fourth-order valence-corrected chi connectivity index (χ4v) is 1.20. The maximum absolute atomic E-state index is 11.1. The van der Waals surface area contributed by atoms with Gasteiger partial charge in [-0.25, -0.2) is 4.40 Å². The van der Waals surface area contributed by atoms with Crippen molar-refractivity contribution in [2.75, 3.05) is 5.32 Å². The first-order valence-electron chi connectivity index (χ1n) is 4.33. The molecule has 0 aromatic heterocycles. The van der Waals surface area contributed by atoms with Crippen LogP contribution in [0.3, 0.4) is 0 Å². The molecule has 0 fully saturated rings. The number of carbonyl (C=O) groups excluding carboxylic acids is 1. The zero-order valence-electron chi connectivity index (χ0n) is 7.90. The van der Waals surface area contributed by atoms with Crippen LogP contribution in [0.5, 0.6) is 0 Å². The minimum absolute atomic E-state index is 0.270. The van der Waals surface area contributed by atoms with Gasteiger partial charge in [-0.3, -0.25) is 4.79 Å². The van der Waals surface area contributed by atoms with Crippen molar-refractivity contribution in [1.29, 1.82) is 0 Å². The predicted molar refractivity (Wildman–Crippen MR) is 61.9 cm³/mol. The molecule has 4 heteroatoms. The zero-order chi connectivity index (χ0) is 10.4. The van der Waals surface area contributed by atoms with Crippen LogP contribution in [-0.2, 0) is 11.2 Å². The van der Waals surface area contributed by atoms with Crippen LogP contribution in [0.1, 0.15) is 12.5 Å². The van der Waals surface area contributed by atoms with Crippen LogP contribution in [0.25, 0.3) is 0 Å². The monoisotopic (exact) mass is 208 g/mol. The van der Waals surface area contributed by atoms with Crippen LogP contribution in [0, 0.1) is 0 Å². The van der Waals surface area contributed by atoms with Crippen molar-refractivity contribution < 1.29 is 4.79 Å². The highest BCUT2D eigenvalue weighted by atomic mass is 32.1. The summed E-state index contributed by atoms with van der Waals surface area (Å²) in [4.78, 5) is 11.1. The second-order valence-electron chi connectivity index (χ2n) is 2.79. The third-order valence-corrected chi connectivity index (χ3v) is 1.89. The van der Waals surface area contributed by atoms with E-state index in [1.807, 2.05) is 24.3 Å². The molecule has 0 radical (unpaired) electrons. The second-order valence-corrected chi connectivity index (χ2v) is 3.02. The van der Waals surface area contributed by atoms with E-state index in [4.69, 9.17) is 0 Å². The Kier molecular flexibility index (Phi) is 4.19. The molecule has 0 aliphatic carbocycles. The van der Waals surface area contributed by atoms with Gasteiger partial charge < -0.3 is 5.32 Å². The summed E-state index contributed by atoms with van der Waals surface area (Å²) in [6, 6.07) is 7.70. The van der Waals surface area contributed by atoms with Crippen molar-refractivity contribution in [1.82, 2.24) is 0 Å². The van der Waals surface area contributed by atoms with Gasteiger partial charge in [0.15, 0.2) is 0 Å². The van der Waals surface area contributed by atoms with Crippen LogP contribution >= 0.6 is 12.8 Å². The molecule has 3 nitrogen and oxygen atoms in total. The molecule has 0 spiro atoms. The van der Waals surface area contributed by atoms with Crippen LogP contribution in [0.2, 0.25) is 0 Å². The molecule has 0 unspecified atom stereocenters. The summed E-state index contributed by atoms with van der Waals surface area (Å²) in [6.45, 7) is 2.07. The van der Waals surface area contributed by atoms with E-state index in [0.717, 1.165) is 18.3 Å². The van der Waals surface area contributed by atoms with Crippen LogP contribution < -0.4 is 5.32 Å². The van der Waals surface area contributed by atoms with Gasteiger partial charge in [0, 0.05) is 5.69 Å². The molecule has 1 amide bonds. The fraction of sp³-hybridized carbons (Fsp3) is 0.200. The Hall–Kier alpha value is -1.29. The van der Waals surface area contributed by atoms with Crippen molar-refractivity contribution in [3.8, 4) is 0 Å². The van der Waals surface area contributed by atoms with E-state index < -0.39 is 0 Å². The molecule has 0 bridgehead atoms. The van der Waals surface area contributed by atoms with E-state index in [-0.39, 0.29) is 5.91 Å². The molecular weight excluding hydrogens is 196 g/mol. The summed E-state index contributed by atoms with van der Waals surface area (Å²) in [7, 11) is 0. The fourth-order valence-electron chi connectivity index (χ4n) is 1.10. The zero-order valence-corrected chi connectivity index (χ0v) is 8.79. The van der Waals surface area contributed by atoms with Gasteiger partial charge in [0.1, 0.15) is 0 Å². The van der Waals surface area contributed by atoms with Gasteiger partial charge in [-0.1, -0.05) is 19.1 Å². The minimum Gasteiger partial charge on any atom is -0.321 e. The number of amides is 1. The summed E-state index contributed by atoms with van der Waals surface area (Å²) >= 11 is 3.57. The maximum atomic E-state index is 11.1. The lowest BCUT2D eigenvalue weighted by Crippen LogP contribution is -2.12. The van der Waals surface area contributed by atoms with Gasteiger partial charge in [-0.05, 0) is 36.9 Å². The van der Waals surface area contributed by atoms with Gasteiger partial charge in [-0.2, -0.15) is 0 Å². The second kappa shape index (κ2) is 5.44. The average Bonchev–Trinajstić information content (AvgIpc) is 2.18. The number of aryl methyl sites for hydroxylation is 1. The Labute approximate surface area is 88.8 Å². The molecule has 1 aromatic rings. The number of rotatable bonds is 3. The molecule has 1 N–H and O–H groups in total. The third kappa shape index (κ3) is 3.22. The average molecular weight is 208 g/mol. The smallest absolute Gasteiger partial charge is 0.267 e. The molecule has 14 heavy (non-hydrogen) atoms. The standard InChI is InChI=1S/C10H12N2OS/c1-2-8-4-3-5-9(6-8)12-10(13)7-11-14/h3-7,14H,2H2,1H3,(H,12,13). The summed E-state index contributed by atoms with van der Waals surface area (Å²) in [5.41, 5.74) is 1.97. The highest BCUT2D eigenvalue weighted by Gasteiger charge is 1.98. The molecule has 0 aliphatic rings. The molecular formula is C10H12N2OS.